The van der Waals surface area contributed by atoms with Crippen LogP contribution in [0.15, 0.2) is 46.9 Å². The average molecular weight is 403 g/mol. The summed E-state index contributed by atoms with van der Waals surface area (Å²) in [6, 6.07) is 11.1. The predicted octanol–water partition coefficient (Wildman–Crippen LogP) is 5.15. The van der Waals surface area contributed by atoms with Crippen molar-refractivity contribution in [2.24, 2.45) is 0 Å². The summed E-state index contributed by atoms with van der Waals surface area (Å²) < 4.78 is 51.6. The standard InChI is InChI=1S/C22H20F3NO3/c1-2-18-12-17-11-16(13-19(20(17)29-18)22(23,24)25)14-4-3-5-15(10-14)21(27)26-6-8-28-9-7-26/h3-5,10-13H,2,6-9H2,1H3. The normalized spacial score (nSPS) is 15.1. The molecule has 0 bridgehead atoms. The highest BCUT2D eigenvalue weighted by molar-refractivity contribution is 5.96. The number of aryl methyl sites for hydroxylation is 1. The summed E-state index contributed by atoms with van der Waals surface area (Å²) in [4.78, 5) is 14.4. The number of amides is 1. The van der Waals surface area contributed by atoms with Crippen LogP contribution in [0.25, 0.3) is 22.1 Å². The van der Waals surface area contributed by atoms with Crippen molar-refractivity contribution < 1.29 is 27.1 Å². The summed E-state index contributed by atoms with van der Waals surface area (Å²) in [6.45, 7) is 3.80. The molecule has 4 nitrogen and oxygen atoms in total. The molecule has 2 aromatic carbocycles. The molecule has 0 aliphatic carbocycles. The van der Waals surface area contributed by atoms with Gasteiger partial charge in [-0.25, -0.2) is 0 Å². The van der Waals surface area contributed by atoms with Gasteiger partial charge in [0.05, 0.1) is 18.8 Å². The van der Waals surface area contributed by atoms with Gasteiger partial charge in [0.2, 0.25) is 0 Å². The maximum absolute atomic E-state index is 13.6. The molecule has 152 valence electrons. The van der Waals surface area contributed by atoms with Crippen LogP contribution in [0.5, 0.6) is 0 Å². The Bertz CT molecular complexity index is 1050. The number of fused-ring (bicyclic) bond motifs is 1. The van der Waals surface area contributed by atoms with Gasteiger partial charge < -0.3 is 14.1 Å². The fourth-order valence-electron chi connectivity index (χ4n) is 3.54. The number of carbonyl (C=O) groups is 1. The number of rotatable bonds is 3. The molecule has 1 amide bonds. The van der Waals surface area contributed by atoms with Crippen molar-refractivity contribution >= 4 is 16.9 Å². The van der Waals surface area contributed by atoms with Gasteiger partial charge in [0, 0.05) is 30.5 Å². The molecule has 0 N–H and O–H groups in total. The lowest BCUT2D eigenvalue weighted by atomic mass is 9.98. The van der Waals surface area contributed by atoms with Gasteiger partial charge in [0.15, 0.2) is 0 Å². The second-order valence-electron chi connectivity index (χ2n) is 6.99. The number of furan rings is 1. The van der Waals surface area contributed by atoms with E-state index in [9.17, 15) is 18.0 Å². The lowest BCUT2D eigenvalue weighted by Crippen LogP contribution is -2.40. The van der Waals surface area contributed by atoms with Crippen LogP contribution in [0, 0.1) is 0 Å². The van der Waals surface area contributed by atoms with Gasteiger partial charge in [-0.3, -0.25) is 4.79 Å². The lowest BCUT2D eigenvalue weighted by Gasteiger charge is -2.27. The van der Waals surface area contributed by atoms with Crippen molar-refractivity contribution in [2.45, 2.75) is 19.5 Å². The summed E-state index contributed by atoms with van der Waals surface area (Å²) in [5.41, 5.74) is 0.424. The summed E-state index contributed by atoms with van der Waals surface area (Å²) in [6.07, 6.45) is -4.04. The average Bonchev–Trinajstić information content (AvgIpc) is 3.15. The fraction of sp³-hybridized carbons (Fsp3) is 0.318. The van der Waals surface area contributed by atoms with E-state index in [1.54, 1.807) is 41.3 Å². The first-order valence-electron chi connectivity index (χ1n) is 9.48. The zero-order valence-electron chi connectivity index (χ0n) is 15.9. The molecule has 1 aromatic heterocycles. The van der Waals surface area contributed by atoms with E-state index >= 15 is 0 Å². The van der Waals surface area contributed by atoms with Crippen molar-refractivity contribution in [3.63, 3.8) is 0 Å². The van der Waals surface area contributed by atoms with Gasteiger partial charge in [0.1, 0.15) is 11.3 Å². The molecule has 1 saturated heterocycles. The minimum atomic E-state index is -4.54. The zero-order chi connectivity index (χ0) is 20.6. The molecular formula is C22H20F3NO3. The van der Waals surface area contributed by atoms with Gasteiger partial charge in [-0.1, -0.05) is 19.1 Å². The minimum Gasteiger partial charge on any atom is -0.460 e. The number of alkyl halides is 3. The van der Waals surface area contributed by atoms with E-state index in [4.69, 9.17) is 9.15 Å². The van der Waals surface area contributed by atoms with Crippen molar-refractivity contribution in [2.75, 3.05) is 26.3 Å². The molecule has 7 heteroatoms. The Morgan fingerprint density at radius 3 is 2.52 bits per heavy atom. The molecule has 1 fully saturated rings. The fourth-order valence-corrected chi connectivity index (χ4v) is 3.54. The molecule has 2 heterocycles. The molecule has 4 rings (SSSR count). The summed E-state index contributed by atoms with van der Waals surface area (Å²) in [5, 5.41) is 0.400. The van der Waals surface area contributed by atoms with Gasteiger partial charge >= 0.3 is 6.18 Å². The maximum atomic E-state index is 13.6. The van der Waals surface area contributed by atoms with E-state index < -0.39 is 11.7 Å². The first-order valence-corrected chi connectivity index (χ1v) is 9.48. The molecule has 0 radical (unpaired) electrons. The molecular weight excluding hydrogens is 383 g/mol. The SMILES string of the molecule is CCc1cc2cc(-c3cccc(C(=O)N4CCOCC4)c3)cc(C(F)(F)F)c2o1. The van der Waals surface area contributed by atoms with Crippen LogP contribution in [-0.4, -0.2) is 37.1 Å². The number of benzene rings is 2. The number of hydrogen-bond donors (Lipinski definition) is 0. The summed E-state index contributed by atoms with van der Waals surface area (Å²) in [7, 11) is 0. The lowest BCUT2D eigenvalue weighted by molar-refractivity contribution is -0.136. The van der Waals surface area contributed by atoms with Crippen molar-refractivity contribution in [3.8, 4) is 11.1 Å². The molecule has 3 aromatic rings. The third-order valence-corrected chi connectivity index (χ3v) is 5.06. The third kappa shape index (κ3) is 3.87. The van der Waals surface area contributed by atoms with E-state index in [-0.39, 0.29) is 11.5 Å². The first-order chi connectivity index (χ1) is 13.9. The van der Waals surface area contributed by atoms with Crippen LogP contribution in [0.1, 0.15) is 28.6 Å². The van der Waals surface area contributed by atoms with E-state index in [0.29, 0.717) is 60.6 Å². The van der Waals surface area contributed by atoms with Gasteiger partial charge in [-0.2, -0.15) is 13.2 Å². The number of nitrogens with zero attached hydrogens (tertiary/aromatic N) is 1. The number of carbonyl (C=O) groups excluding carboxylic acids is 1. The highest BCUT2D eigenvalue weighted by Crippen LogP contribution is 2.39. The topological polar surface area (TPSA) is 42.7 Å². The second-order valence-corrected chi connectivity index (χ2v) is 6.99. The third-order valence-electron chi connectivity index (χ3n) is 5.06. The number of ether oxygens (including phenoxy) is 1. The van der Waals surface area contributed by atoms with E-state index in [2.05, 4.69) is 0 Å². The molecule has 1 aliphatic heterocycles. The molecule has 1 aliphatic rings. The maximum Gasteiger partial charge on any atom is 0.420 e. The Balaban J connectivity index is 1.77. The summed E-state index contributed by atoms with van der Waals surface area (Å²) in [5.74, 6) is 0.350. The monoisotopic (exact) mass is 403 g/mol. The highest BCUT2D eigenvalue weighted by Gasteiger charge is 2.35. The van der Waals surface area contributed by atoms with Crippen LogP contribution >= 0.6 is 0 Å². The molecule has 0 saturated carbocycles. The smallest absolute Gasteiger partial charge is 0.420 e. The number of hydrogen-bond acceptors (Lipinski definition) is 3. The predicted molar refractivity (Wildman–Crippen MR) is 103 cm³/mol. The first kappa shape index (κ1) is 19.5. The van der Waals surface area contributed by atoms with E-state index in [1.807, 2.05) is 6.92 Å². The number of morpholine rings is 1. The Hall–Kier alpha value is -2.80. The highest BCUT2D eigenvalue weighted by atomic mass is 19.4. The Morgan fingerprint density at radius 1 is 1.07 bits per heavy atom. The summed E-state index contributed by atoms with van der Waals surface area (Å²) >= 11 is 0. The zero-order valence-corrected chi connectivity index (χ0v) is 15.9. The Morgan fingerprint density at radius 2 is 1.83 bits per heavy atom. The number of halogens is 3. The largest absolute Gasteiger partial charge is 0.460 e. The van der Waals surface area contributed by atoms with Gasteiger partial charge in [-0.05, 0) is 41.5 Å². The van der Waals surface area contributed by atoms with E-state index in [0.717, 1.165) is 6.07 Å². The quantitative estimate of drug-likeness (QED) is 0.607. The Kier molecular flexibility index (Phi) is 5.08. The Labute approximate surface area is 165 Å². The van der Waals surface area contributed by atoms with Crippen molar-refractivity contribution in [3.05, 3.63) is 59.4 Å². The van der Waals surface area contributed by atoms with Crippen molar-refractivity contribution in [1.82, 2.24) is 4.90 Å². The molecule has 0 spiro atoms. The minimum absolute atomic E-state index is 0.149. The van der Waals surface area contributed by atoms with Crippen LogP contribution in [-0.2, 0) is 17.3 Å². The molecule has 29 heavy (non-hydrogen) atoms. The van der Waals surface area contributed by atoms with E-state index in [1.165, 1.54) is 0 Å². The van der Waals surface area contributed by atoms with Gasteiger partial charge in [0.25, 0.3) is 5.91 Å². The van der Waals surface area contributed by atoms with Crippen molar-refractivity contribution in [1.29, 1.82) is 0 Å². The van der Waals surface area contributed by atoms with Crippen LogP contribution in [0.4, 0.5) is 13.2 Å². The van der Waals surface area contributed by atoms with Crippen LogP contribution in [0.3, 0.4) is 0 Å². The molecule has 0 atom stereocenters. The van der Waals surface area contributed by atoms with Gasteiger partial charge in [-0.15, -0.1) is 0 Å². The molecule has 0 unspecified atom stereocenters. The van der Waals surface area contributed by atoms with Crippen LogP contribution < -0.4 is 0 Å². The van der Waals surface area contributed by atoms with Crippen LogP contribution in [0.2, 0.25) is 0 Å². The second kappa shape index (κ2) is 7.55.